The third-order valence-corrected chi connectivity index (χ3v) is 3.14. The van der Waals surface area contributed by atoms with Gasteiger partial charge in [0.25, 0.3) is 0 Å². The van der Waals surface area contributed by atoms with E-state index in [1.807, 2.05) is 37.3 Å². The smallest absolute Gasteiger partial charge is 0.321 e. The Labute approximate surface area is 122 Å². The predicted octanol–water partition coefficient (Wildman–Crippen LogP) is 3.81. The van der Waals surface area contributed by atoms with Crippen LogP contribution in [0.1, 0.15) is 5.56 Å². The molecule has 0 bridgehead atoms. The summed E-state index contributed by atoms with van der Waals surface area (Å²) in [7, 11) is 0. The van der Waals surface area contributed by atoms with Crippen molar-refractivity contribution >= 4 is 23.3 Å². The first-order valence-corrected chi connectivity index (χ1v) is 6.52. The van der Waals surface area contributed by atoms with Crippen molar-refractivity contribution in [2.24, 2.45) is 0 Å². The number of halogens is 1. The summed E-state index contributed by atoms with van der Waals surface area (Å²) in [6.07, 6.45) is 0. The maximum Gasteiger partial charge on any atom is 0.321 e. The lowest BCUT2D eigenvalue weighted by molar-refractivity contribution is 0.234. The molecule has 2 aromatic carbocycles. The molecule has 0 unspecified atom stereocenters. The van der Waals surface area contributed by atoms with Crippen LogP contribution in [0.3, 0.4) is 0 Å². The summed E-state index contributed by atoms with van der Waals surface area (Å²) >= 11 is 5.99. The number of benzene rings is 2. The number of para-hydroxylation sites is 1. The van der Waals surface area contributed by atoms with Crippen LogP contribution >= 0.6 is 11.6 Å². The molecule has 0 aromatic heterocycles. The van der Waals surface area contributed by atoms with Gasteiger partial charge in [-0.3, -0.25) is 0 Å². The van der Waals surface area contributed by atoms with Crippen LogP contribution in [0, 0.1) is 6.92 Å². The summed E-state index contributed by atoms with van der Waals surface area (Å²) in [6, 6.07) is 14.3. The minimum atomic E-state index is -0.341. The zero-order chi connectivity index (χ0) is 14.4. The van der Waals surface area contributed by atoms with Gasteiger partial charge in [0, 0.05) is 10.7 Å². The molecule has 0 saturated carbocycles. The van der Waals surface area contributed by atoms with Crippen molar-refractivity contribution in [2.45, 2.75) is 6.92 Å². The van der Waals surface area contributed by atoms with Gasteiger partial charge in [0.1, 0.15) is 5.75 Å². The Morgan fingerprint density at radius 3 is 2.65 bits per heavy atom. The van der Waals surface area contributed by atoms with E-state index in [-0.39, 0.29) is 12.8 Å². The number of rotatable bonds is 4. The van der Waals surface area contributed by atoms with E-state index < -0.39 is 0 Å². The third-order valence-electron chi connectivity index (χ3n) is 2.73. The van der Waals surface area contributed by atoms with Gasteiger partial charge in [-0.05, 0) is 36.8 Å². The fourth-order valence-electron chi connectivity index (χ4n) is 1.61. The minimum Gasteiger partial charge on any atom is -0.473 e. The summed E-state index contributed by atoms with van der Waals surface area (Å²) in [6.45, 7) is 1.94. The molecule has 0 aliphatic carbocycles. The van der Waals surface area contributed by atoms with Gasteiger partial charge in [-0.2, -0.15) is 0 Å². The molecule has 2 amide bonds. The molecule has 104 valence electrons. The van der Waals surface area contributed by atoms with Crippen molar-refractivity contribution in [2.75, 3.05) is 12.0 Å². The van der Waals surface area contributed by atoms with E-state index in [1.54, 1.807) is 18.2 Å². The molecule has 2 aromatic rings. The van der Waals surface area contributed by atoms with Gasteiger partial charge in [0.15, 0.2) is 6.73 Å². The number of amides is 2. The van der Waals surface area contributed by atoms with E-state index in [9.17, 15) is 4.79 Å². The Bertz CT molecular complexity index is 588. The lowest BCUT2D eigenvalue weighted by Gasteiger charge is -2.11. The van der Waals surface area contributed by atoms with Crippen LogP contribution in [0.5, 0.6) is 5.75 Å². The molecule has 5 heteroatoms. The Morgan fingerprint density at radius 2 is 1.90 bits per heavy atom. The fourth-order valence-corrected chi connectivity index (χ4v) is 1.79. The summed E-state index contributed by atoms with van der Waals surface area (Å²) in [4.78, 5) is 11.7. The molecule has 0 fully saturated rings. The Hall–Kier alpha value is -2.20. The number of hydrogen-bond donors (Lipinski definition) is 2. The molecule has 0 spiro atoms. The monoisotopic (exact) mass is 290 g/mol. The van der Waals surface area contributed by atoms with E-state index in [1.165, 1.54) is 0 Å². The zero-order valence-electron chi connectivity index (χ0n) is 11.0. The van der Waals surface area contributed by atoms with E-state index in [4.69, 9.17) is 16.3 Å². The van der Waals surface area contributed by atoms with E-state index in [2.05, 4.69) is 10.6 Å². The summed E-state index contributed by atoms with van der Waals surface area (Å²) in [5.74, 6) is 0.701. The molecule has 0 atom stereocenters. The van der Waals surface area contributed by atoms with Crippen LogP contribution < -0.4 is 15.4 Å². The highest BCUT2D eigenvalue weighted by atomic mass is 35.5. The molecule has 0 heterocycles. The molecule has 2 N–H and O–H groups in total. The Kier molecular flexibility index (Phi) is 4.85. The van der Waals surface area contributed by atoms with Gasteiger partial charge in [0.2, 0.25) is 0 Å². The third kappa shape index (κ3) is 3.90. The largest absolute Gasteiger partial charge is 0.473 e. The molecule has 2 rings (SSSR count). The summed E-state index contributed by atoms with van der Waals surface area (Å²) < 4.78 is 5.37. The van der Waals surface area contributed by atoms with Crippen molar-refractivity contribution in [3.05, 3.63) is 59.1 Å². The van der Waals surface area contributed by atoms with Crippen LogP contribution in [0.4, 0.5) is 10.5 Å². The maximum atomic E-state index is 11.7. The number of carbonyl (C=O) groups excluding carboxylic acids is 1. The second-order valence-corrected chi connectivity index (χ2v) is 4.55. The van der Waals surface area contributed by atoms with Gasteiger partial charge in [-0.25, -0.2) is 4.79 Å². The van der Waals surface area contributed by atoms with Crippen molar-refractivity contribution in [3.8, 4) is 5.75 Å². The lowest BCUT2D eigenvalue weighted by atomic mass is 10.2. The van der Waals surface area contributed by atoms with Crippen LogP contribution in [-0.4, -0.2) is 12.8 Å². The highest BCUT2D eigenvalue weighted by Crippen LogP contribution is 2.22. The van der Waals surface area contributed by atoms with Crippen molar-refractivity contribution in [1.82, 2.24) is 5.32 Å². The predicted molar refractivity (Wildman–Crippen MR) is 80.3 cm³/mol. The second kappa shape index (κ2) is 6.82. The van der Waals surface area contributed by atoms with Gasteiger partial charge in [-0.15, -0.1) is 0 Å². The fraction of sp³-hybridized carbons (Fsp3) is 0.133. The number of ether oxygens (including phenoxy) is 1. The molecular formula is C15H15ClN2O2. The second-order valence-electron chi connectivity index (χ2n) is 4.15. The number of urea groups is 1. The topological polar surface area (TPSA) is 50.4 Å². The van der Waals surface area contributed by atoms with Gasteiger partial charge >= 0.3 is 6.03 Å². The number of carbonyl (C=O) groups is 1. The first kappa shape index (κ1) is 14.2. The molecule has 0 aliphatic rings. The number of nitrogens with one attached hydrogen (secondary N) is 2. The number of hydrogen-bond acceptors (Lipinski definition) is 2. The van der Waals surface area contributed by atoms with Gasteiger partial charge < -0.3 is 15.4 Å². The van der Waals surface area contributed by atoms with Crippen molar-refractivity contribution in [3.63, 3.8) is 0 Å². The first-order valence-electron chi connectivity index (χ1n) is 6.14. The standard InChI is InChI=1S/C15H15ClN2O2/c1-11-13(16)8-5-9-14(11)18-15(19)17-10-20-12-6-3-2-4-7-12/h2-9H,10H2,1H3,(H2,17,18,19). The maximum absolute atomic E-state index is 11.7. The number of anilines is 1. The molecule has 4 nitrogen and oxygen atoms in total. The van der Waals surface area contributed by atoms with Crippen LogP contribution in [-0.2, 0) is 0 Å². The first-order chi connectivity index (χ1) is 9.66. The summed E-state index contributed by atoms with van der Waals surface area (Å²) in [5, 5.41) is 5.95. The van der Waals surface area contributed by atoms with Crippen LogP contribution in [0.25, 0.3) is 0 Å². The van der Waals surface area contributed by atoms with Crippen LogP contribution in [0.2, 0.25) is 5.02 Å². The van der Waals surface area contributed by atoms with E-state index >= 15 is 0 Å². The van der Waals surface area contributed by atoms with Gasteiger partial charge in [0.05, 0.1) is 0 Å². The van der Waals surface area contributed by atoms with Gasteiger partial charge in [-0.1, -0.05) is 35.9 Å². The quantitative estimate of drug-likeness (QED) is 0.841. The zero-order valence-corrected chi connectivity index (χ0v) is 11.8. The van der Waals surface area contributed by atoms with Crippen LogP contribution in [0.15, 0.2) is 48.5 Å². The highest BCUT2D eigenvalue weighted by molar-refractivity contribution is 6.31. The molecule has 20 heavy (non-hydrogen) atoms. The minimum absolute atomic E-state index is 0.0927. The molecule has 0 saturated heterocycles. The van der Waals surface area contributed by atoms with Crippen molar-refractivity contribution in [1.29, 1.82) is 0 Å². The SMILES string of the molecule is Cc1c(Cl)cccc1NC(=O)NCOc1ccccc1. The Balaban J connectivity index is 1.82. The van der Waals surface area contributed by atoms with E-state index in [0.29, 0.717) is 16.5 Å². The van der Waals surface area contributed by atoms with E-state index in [0.717, 1.165) is 5.56 Å². The average Bonchev–Trinajstić information content (AvgIpc) is 2.45. The average molecular weight is 291 g/mol. The summed E-state index contributed by atoms with van der Waals surface area (Å²) in [5.41, 5.74) is 1.50. The molecule has 0 radical (unpaired) electrons. The molecule has 0 aliphatic heterocycles. The normalized spacial score (nSPS) is 9.90. The van der Waals surface area contributed by atoms with Crippen molar-refractivity contribution < 1.29 is 9.53 Å². The lowest BCUT2D eigenvalue weighted by Crippen LogP contribution is -2.32. The Morgan fingerprint density at radius 1 is 1.15 bits per heavy atom. The highest BCUT2D eigenvalue weighted by Gasteiger charge is 2.05. The molecular weight excluding hydrogens is 276 g/mol.